The van der Waals surface area contributed by atoms with Crippen LogP contribution in [-0.2, 0) is 16.6 Å². The van der Waals surface area contributed by atoms with E-state index in [0.29, 0.717) is 12.4 Å². The Kier molecular flexibility index (Phi) is 6.84. The van der Waals surface area contributed by atoms with Crippen molar-refractivity contribution in [2.24, 2.45) is 7.05 Å². The molecular formula is C19H31N5O3. The van der Waals surface area contributed by atoms with Crippen LogP contribution in [0.1, 0.15) is 36.8 Å². The van der Waals surface area contributed by atoms with Crippen molar-refractivity contribution in [2.75, 3.05) is 52.5 Å². The number of hydrogen-bond donors (Lipinski definition) is 0. The highest BCUT2D eigenvalue weighted by Crippen LogP contribution is 2.18. The molecule has 3 rings (SSSR count). The average Bonchev–Trinajstić information content (AvgIpc) is 3.11. The first-order valence-electron chi connectivity index (χ1n) is 9.90. The molecule has 1 aromatic rings. The summed E-state index contributed by atoms with van der Waals surface area (Å²) in [6, 6.07) is 0.0881. The third kappa shape index (κ3) is 5.07. The van der Waals surface area contributed by atoms with Gasteiger partial charge in [-0.15, -0.1) is 0 Å². The lowest BCUT2D eigenvalue weighted by atomic mass is 10.0. The Balaban J connectivity index is 1.55. The molecule has 2 aliphatic rings. The fourth-order valence-corrected chi connectivity index (χ4v) is 3.99. The summed E-state index contributed by atoms with van der Waals surface area (Å²) in [6.07, 6.45) is 6.23. The van der Waals surface area contributed by atoms with Crippen LogP contribution in [0, 0.1) is 0 Å². The lowest BCUT2D eigenvalue weighted by Crippen LogP contribution is -2.52. The van der Waals surface area contributed by atoms with Crippen molar-refractivity contribution in [1.29, 1.82) is 0 Å². The van der Waals surface area contributed by atoms with Gasteiger partial charge in [0.1, 0.15) is 0 Å². The van der Waals surface area contributed by atoms with Gasteiger partial charge in [-0.3, -0.25) is 14.5 Å². The van der Waals surface area contributed by atoms with Crippen LogP contribution in [0.15, 0.2) is 12.4 Å². The fraction of sp³-hybridized carbons (Fsp3) is 0.737. The fourth-order valence-electron chi connectivity index (χ4n) is 3.99. The number of amides is 2. The zero-order valence-corrected chi connectivity index (χ0v) is 16.5. The van der Waals surface area contributed by atoms with Crippen LogP contribution in [0.4, 0.5) is 0 Å². The van der Waals surface area contributed by atoms with Gasteiger partial charge in [0.25, 0.3) is 5.91 Å². The number of aryl methyl sites for hydroxylation is 1. The van der Waals surface area contributed by atoms with Gasteiger partial charge < -0.3 is 19.1 Å². The highest BCUT2D eigenvalue weighted by atomic mass is 16.5. The zero-order valence-electron chi connectivity index (χ0n) is 16.5. The van der Waals surface area contributed by atoms with Crippen LogP contribution >= 0.6 is 0 Å². The summed E-state index contributed by atoms with van der Waals surface area (Å²) in [7, 11) is 1.83. The third-order valence-corrected chi connectivity index (χ3v) is 5.52. The molecule has 8 heteroatoms. The van der Waals surface area contributed by atoms with Crippen LogP contribution in [0.25, 0.3) is 0 Å². The van der Waals surface area contributed by atoms with E-state index in [2.05, 4.69) is 9.88 Å². The first kappa shape index (κ1) is 19.8. The van der Waals surface area contributed by atoms with E-state index in [4.69, 9.17) is 4.74 Å². The first-order valence-corrected chi connectivity index (χ1v) is 9.90. The maximum Gasteiger partial charge on any atom is 0.289 e. The van der Waals surface area contributed by atoms with Crippen molar-refractivity contribution in [3.05, 3.63) is 18.2 Å². The maximum absolute atomic E-state index is 12.8. The lowest BCUT2D eigenvalue weighted by Gasteiger charge is -2.39. The molecule has 1 aromatic heterocycles. The van der Waals surface area contributed by atoms with Gasteiger partial charge >= 0.3 is 0 Å². The van der Waals surface area contributed by atoms with Crippen molar-refractivity contribution in [2.45, 2.75) is 32.2 Å². The number of carbonyl (C=O) groups is 2. The predicted molar refractivity (Wildman–Crippen MR) is 101 cm³/mol. The molecule has 2 amide bonds. The number of morpholine rings is 1. The van der Waals surface area contributed by atoms with E-state index in [-0.39, 0.29) is 17.9 Å². The second-order valence-electron chi connectivity index (χ2n) is 7.43. The molecule has 0 radical (unpaired) electrons. The molecule has 0 aromatic carbocycles. The van der Waals surface area contributed by atoms with E-state index in [9.17, 15) is 9.59 Å². The maximum atomic E-state index is 12.8. The van der Waals surface area contributed by atoms with Crippen LogP contribution in [0.3, 0.4) is 0 Å². The van der Waals surface area contributed by atoms with Gasteiger partial charge in [-0.05, 0) is 19.3 Å². The van der Waals surface area contributed by atoms with Crippen molar-refractivity contribution in [1.82, 2.24) is 24.3 Å². The molecule has 0 bridgehead atoms. The molecule has 3 heterocycles. The zero-order chi connectivity index (χ0) is 19.2. The van der Waals surface area contributed by atoms with E-state index < -0.39 is 0 Å². The molecular weight excluding hydrogens is 346 g/mol. The van der Waals surface area contributed by atoms with Crippen LogP contribution in [0.5, 0.6) is 0 Å². The minimum atomic E-state index is -0.0518. The minimum absolute atomic E-state index is 0.0518. The summed E-state index contributed by atoms with van der Waals surface area (Å²) in [5, 5.41) is 0. The summed E-state index contributed by atoms with van der Waals surface area (Å²) in [5.41, 5.74) is 0. The Morgan fingerprint density at radius 3 is 2.74 bits per heavy atom. The normalized spacial score (nSPS) is 21.3. The number of likely N-dealkylation sites (tertiary alicyclic amines) is 1. The Morgan fingerprint density at radius 2 is 2.07 bits per heavy atom. The largest absolute Gasteiger partial charge is 0.379 e. The summed E-state index contributed by atoms with van der Waals surface area (Å²) >= 11 is 0. The molecule has 0 aliphatic carbocycles. The van der Waals surface area contributed by atoms with E-state index >= 15 is 0 Å². The van der Waals surface area contributed by atoms with Crippen molar-refractivity contribution >= 4 is 11.8 Å². The minimum Gasteiger partial charge on any atom is -0.379 e. The second-order valence-corrected chi connectivity index (χ2v) is 7.43. The third-order valence-electron chi connectivity index (χ3n) is 5.52. The van der Waals surface area contributed by atoms with Gasteiger partial charge in [-0.1, -0.05) is 0 Å². The average molecular weight is 377 g/mol. The summed E-state index contributed by atoms with van der Waals surface area (Å²) in [6.45, 7) is 8.19. The van der Waals surface area contributed by atoms with Crippen molar-refractivity contribution in [3.8, 4) is 0 Å². The number of nitrogens with zero attached hydrogens (tertiary/aromatic N) is 5. The Labute approximate surface area is 161 Å². The van der Waals surface area contributed by atoms with Gasteiger partial charge in [-0.25, -0.2) is 4.98 Å². The smallest absolute Gasteiger partial charge is 0.289 e. The highest BCUT2D eigenvalue weighted by molar-refractivity contribution is 5.91. The van der Waals surface area contributed by atoms with Gasteiger partial charge in [-0.2, -0.15) is 0 Å². The molecule has 150 valence electrons. The van der Waals surface area contributed by atoms with Gasteiger partial charge in [0, 0.05) is 71.7 Å². The molecule has 27 heavy (non-hydrogen) atoms. The monoisotopic (exact) mass is 377 g/mol. The van der Waals surface area contributed by atoms with Gasteiger partial charge in [0.2, 0.25) is 5.91 Å². The Bertz CT molecular complexity index is 641. The van der Waals surface area contributed by atoms with E-state index in [1.807, 2.05) is 16.8 Å². The second kappa shape index (κ2) is 9.32. The summed E-state index contributed by atoms with van der Waals surface area (Å²) in [5.74, 6) is 0.495. The van der Waals surface area contributed by atoms with Crippen molar-refractivity contribution < 1.29 is 14.3 Å². The van der Waals surface area contributed by atoms with Crippen molar-refractivity contribution in [3.63, 3.8) is 0 Å². The lowest BCUT2D eigenvalue weighted by molar-refractivity contribution is -0.132. The van der Waals surface area contributed by atoms with E-state index in [0.717, 1.165) is 65.2 Å². The SMILES string of the molecule is CC(=O)N(CCCN1CCOCC1)C1CCCN(C(=O)c2nccn2C)C1. The Hall–Kier alpha value is -1.93. The molecule has 0 saturated carbocycles. The topological polar surface area (TPSA) is 70.9 Å². The molecule has 1 unspecified atom stereocenters. The van der Waals surface area contributed by atoms with Crippen LogP contribution in [-0.4, -0.2) is 94.6 Å². The molecule has 8 nitrogen and oxygen atoms in total. The Morgan fingerprint density at radius 1 is 1.30 bits per heavy atom. The first-order chi connectivity index (χ1) is 13.1. The quantitative estimate of drug-likeness (QED) is 0.726. The number of imidazole rings is 1. The number of piperidine rings is 1. The molecule has 0 spiro atoms. The van der Waals surface area contributed by atoms with Gasteiger partial charge in [0.15, 0.2) is 5.82 Å². The molecule has 2 aliphatic heterocycles. The predicted octanol–water partition coefficient (Wildman–Crippen LogP) is 0.596. The molecule has 0 N–H and O–H groups in total. The van der Waals surface area contributed by atoms with E-state index in [1.54, 1.807) is 23.9 Å². The molecule has 2 fully saturated rings. The summed E-state index contributed by atoms with van der Waals surface area (Å²) in [4.78, 5) is 35.4. The number of rotatable bonds is 6. The highest BCUT2D eigenvalue weighted by Gasteiger charge is 2.30. The number of aromatic nitrogens is 2. The van der Waals surface area contributed by atoms with E-state index in [1.165, 1.54) is 0 Å². The number of ether oxygens (including phenoxy) is 1. The molecule has 1 atom stereocenters. The molecule has 2 saturated heterocycles. The standard InChI is InChI=1S/C19H31N5O3/c1-16(25)24(9-4-7-22-11-13-27-14-12-22)17-5-3-8-23(15-17)19(26)18-20-6-10-21(18)2/h6,10,17H,3-5,7-9,11-15H2,1-2H3. The van der Waals surface area contributed by atoms with Crippen LogP contribution in [0.2, 0.25) is 0 Å². The summed E-state index contributed by atoms with van der Waals surface area (Å²) < 4.78 is 7.13. The number of carbonyl (C=O) groups excluding carboxylic acids is 2. The van der Waals surface area contributed by atoms with Gasteiger partial charge in [0.05, 0.1) is 13.2 Å². The van der Waals surface area contributed by atoms with Crippen LogP contribution < -0.4 is 0 Å². The number of hydrogen-bond acceptors (Lipinski definition) is 5.